The van der Waals surface area contributed by atoms with Gasteiger partial charge in [0.1, 0.15) is 0 Å². The third-order valence-electron chi connectivity index (χ3n) is 0.781. The van der Waals surface area contributed by atoms with E-state index < -0.39 is 8.69 Å². The fourth-order valence-corrected chi connectivity index (χ4v) is 0.408. The molecule has 0 fully saturated rings. The standard InChI is InChI=1S/C6H13.HO2P.Zn/c1-3-5-6-4-2;1-3-2;/h5H,3-4,6H2,1-2H3;(H,1,2);/q-1;;. The molecule has 0 aliphatic rings. The first-order chi connectivity index (χ1) is 4.33. The van der Waals surface area contributed by atoms with Crippen LogP contribution in [-0.2, 0) is 24.0 Å². The largest absolute Gasteiger partial charge is 0.329 e. The maximum Gasteiger partial charge on any atom is 0.324 e. The molecule has 4 heteroatoms. The minimum absolute atomic E-state index is 0. The first-order valence-corrected chi connectivity index (χ1v) is 3.88. The van der Waals surface area contributed by atoms with Crippen LogP contribution in [0.5, 0.6) is 0 Å². The van der Waals surface area contributed by atoms with Gasteiger partial charge in [-0.1, -0.05) is 20.3 Å². The van der Waals surface area contributed by atoms with Crippen LogP contribution in [0.15, 0.2) is 0 Å². The Labute approximate surface area is 77.5 Å². The van der Waals surface area contributed by atoms with Crippen molar-refractivity contribution >= 4 is 8.69 Å². The van der Waals surface area contributed by atoms with Crippen LogP contribution in [0.1, 0.15) is 33.1 Å². The van der Waals surface area contributed by atoms with E-state index >= 15 is 0 Å². The molecule has 10 heavy (non-hydrogen) atoms. The fourth-order valence-electron chi connectivity index (χ4n) is 0.408. The summed E-state index contributed by atoms with van der Waals surface area (Å²) in [7, 11) is -0.833. The van der Waals surface area contributed by atoms with E-state index in [0.29, 0.717) is 0 Å². The zero-order chi connectivity index (χ0) is 7.54. The molecule has 0 aromatic rings. The minimum atomic E-state index is -0.833. The third kappa shape index (κ3) is 37.8. The summed E-state index contributed by atoms with van der Waals surface area (Å²) in [5, 5.41) is 0. The van der Waals surface area contributed by atoms with Crippen molar-refractivity contribution < 1.29 is 28.9 Å². The molecule has 0 bridgehead atoms. The molecule has 0 aromatic carbocycles. The normalized spacial score (nSPS) is 7.50. The quantitative estimate of drug-likeness (QED) is 0.339. The van der Waals surface area contributed by atoms with Gasteiger partial charge < -0.3 is 11.3 Å². The van der Waals surface area contributed by atoms with Crippen molar-refractivity contribution in [3.05, 3.63) is 6.42 Å². The Morgan fingerprint density at radius 2 is 1.90 bits per heavy atom. The maximum atomic E-state index is 8.46. The van der Waals surface area contributed by atoms with E-state index in [1.807, 2.05) is 0 Å². The molecule has 0 amide bonds. The predicted octanol–water partition coefficient (Wildman–Crippen LogP) is 2.58. The van der Waals surface area contributed by atoms with Crippen LogP contribution >= 0.6 is 8.69 Å². The Morgan fingerprint density at radius 3 is 2.00 bits per heavy atom. The van der Waals surface area contributed by atoms with Gasteiger partial charge in [-0.2, -0.15) is 12.8 Å². The molecule has 58 valence electrons. The van der Waals surface area contributed by atoms with Crippen LogP contribution in [0.3, 0.4) is 0 Å². The van der Waals surface area contributed by atoms with Crippen molar-refractivity contribution in [2.75, 3.05) is 0 Å². The van der Waals surface area contributed by atoms with Crippen LogP contribution in [0.25, 0.3) is 0 Å². The van der Waals surface area contributed by atoms with E-state index in [1.165, 1.54) is 19.3 Å². The second-order valence-corrected chi connectivity index (χ2v) is 1.73. The van der Waals surface area contributed by atoms with Crippen molar-refractivity contribution in [3.63, 3.8) is 0 Å². The van der Waals surface area contributed by atoms with Crippen LogP contribution in [0, 0.1) is 6.42 Å². The molecule has 0 saturated heterocycles. The molecule has 0 spiro atoms. The Kier molecular flexibility index (Phi) is 38.4. The number of rotatable bonds is 3. The molecule has 0 rings (SSSR count). The average Bonchev–Trinajstić information content (AvgIpc) is 1.86. The van der Waals surface area contributed by atoms with Gasteiger partial charge in [0.2, 0.25) is 0 Å². The molecule has 0 unspecified atom stereocenters. The van der Waals surface area contributed by atoms with Crippen molar-refractivity contribution in [3.8, 4) is 0 Å². The molecule has 0 aromatic heterocycles. The van der Waals surface area contributed by atoms with E-state index in [-0.39, 0.29) is 19.5 Å². The number of unbranched alkanes of at least 4 members (excludes halogenated alkanes) is 3. The topological polar surface area (TPSA) is 37.3 Å². The summed E-state index contributed by atoms with van der Waals surface area (Å²) in [6.07, 6.45) is 6.12. The molecule has 0 radical (unpaired) electrons. The molecule has 0 aliphatic carbocycles. The second kappa shape index (κ2) is 22.6. The van der Waals surface area contributed by atoms with Gasteiger partial charge in [-0.05, 0) is 0 Å². The van der Waals surface area contributed by atoms with Crippen LogP contribution in [-0.4, -0.2) is 4.89 Å². The zero-order valence-electron chi connectivity index (χ0n) is 6.71. The number of hydrogen-bond donors (Lipinski definition) is 1. The molecule has 2 nitrogen and oxygen atoms in total. The van der Waals surface area contributed by atoms with E-state index in [4.69, 9.17) is 9.46 Å². The summed E-state index contributed by atoms with van der Waals surface area (Å²) in [6.45, 7) is 4.38. The Hall–Kier alpha value is 0.683. The van der Waals surface area contributed by atoms with Gasteiger partial charge in [0.25, 0.3) is 0 Å². The summed E-state index contributed by atoms with van der Waals surface area (Å²) < 4.78 is 8.46. The van der Waals surface area contributed by atoms with Gasteiger partial charge in [0, 0.05) is 19.5 Å². The van der Waals surface area contributed by atoms with E-state index in [0.717, 1.165) is 0 Å². The SMILES string of the molecule is CC[CH-]CCC.O=PO.[Zn]. The summed E-state index contributed by atoms with van der Waals surface area (Å²) in [5.41, 5.74) is 0. The van der Waals surface area contributed by atoms with Crippen LogP contribution < -0.4 is 0 Å². The first kappa shape index (κ1) is 17.0. The summed E-state index contributed by atoms with van der Waals surface area (Å²) in [6, 6.07) is 0. The Balaban J connectivity index is -0.000000107. The smallest absolute Gasteiger partial charge is 0.324 e. The monoisotopic (exact) mass is 213 g/mol. The molecular formula is C6H14O2PZn-. The van der Waals surface area contributed by atoms with E-state index in [1.54, 1.807) is 0 Å². The van der Waals surface area contributed by atoms with Crippen LogP contribution in [0.2, 0.25) is 0 Å². The minimum Gasteiger partial charge on any atom is -0.329 e. The van der Waals surface area contributed by atoms with Gasteiger partial charge >= 0.3 is 8.69 Å². The van der Waals surface area contributed by atoms with Crippen molar-refractivity contribution in [1.82, 2.24) is 0 Å². The van der Waals surface area contributed by atoms with Gasteiger partial charge in [0.15, 0.2) is 0 Å². The summed E-state index contributed by atoms with van der Waals surface area (Å²) >= 11 is 0. The number of hydrogen-bond acceptors (Lipinski definition) is 1. The summed E-state index contributed by atoms with van der Waals surface area (Å²) in [4.78, 5) is 6.99. The molecular weight excluding hydrogens is 200 g/mol. The molecule has 0 heterocycles. The van der Waals surface area contributed by atoms with Gasteiger partial charge in [0.05, 0.1) is 0 Å². The predicted molar refractivity (Wildman–Crippen MR) is 39.3 cm³/mol. The molecule has 0 saturated carbocycles. The maximum absolute atomic E-state index is 8.46. The Bertz CT molecular complexity index is 49.0. The molecule has 0 atom stereocenters. The van der Waals surface area contributed by atoms with Crippen molar-refractivity contribution in [1.29, 1.82) is 0 Å². The fraction of sp³-hybridized carbons (Fsp3) is 0.833. The first-order valence-electron chi connectivity index (χ1n) is 3.11. The molecule has 0 aliphatic heterocycles. The third-order valence-corrected chi connectivity index (χ3v) is 0.781. The van der Waals surface area contributed by atoms with Gasteiger partial charge in [-0.25, -0.2) is 4.57 Å². The van der Waals surface area contributed by atoms with Gasteiger partial charge in [-0.15, -0.1) is 0 Å². The van der Waals surface area contributed by atoms with E-state index in [2.05, 4.69) is 20.3 Å². The van der Waals surface area contributed by atoms with Crippen molar-refractivity contribution in [2.24, 2.45) is 0 Å². The van der Waals surface area contributed by atoms with Gasteiger partial charge in [-0.3, -0.25) is 0 Å². The Morgan fingerprint density at radius 1 is 1.50 bits per heavy atom. The zero-order valence-corrected chi connectivity index (χ0v) is 10.6. The second-order valence-electron chi connectivity index (χ2n) is 1.57. The average molecular weight is 215 g/mol. The summed E-state index contributed by atoms with van der Waals surface area (Å²) in [5.74, 6) is 0. The van der Waals surface area contributed by atoms with Crippen LogP contribution in [0.4, 0.5) is 0 Å². The van der Waals surface area contributed by atoms with Crippen molar-refractivity contribution in [2.45, 2.75) is 33.1 Å². The van der Waals surface area contributed by atoms with E-state index in [9.17, 15) is 0 Å². The molecule has 1 N–H and O–H groups in total.